The van der Waals surface area contributed by atoms with Gasteiger partial charge in [-0.1, -0.05) is 18.7 Å². The van der Waals surface area contributed by atoms with Gasteiger partial charge in [0.2, 0.25) is 0 Å². The second kappa shape index (κ2) is 7.49. The number of carbonyl (C=O) groups is 1. The first-order valence-electron chi connectivity index (χ1n) is 10.8. The van der Waals surface area contributed by atoms with E-state index in [1.807, 2.05) is 30.3 Å². The Balaban J connectivity index is 1.53. The Labute approximate surface area is 195 Å². The van der Waals surface area contributed by atoms with Gasteiger partial charge in [0, 0.05) is 34.7 Å². The average Bonchev–Trinajstić information content (AvgIpc) is 2.83. The van der Waals surface area contributed by atoms with Crippen LogP contribution in [0.15, 0.2) is 79.5 Å². The number of fused-ring (bicyclic) bond motifs is 4. The van der Waals surface area contributed by atoms with E-state index in [0.29, 0.717) is 28.2 Å². The first kappa shape index (κ1) is 20.1. The number of hydrogen-bond donors (Lipinski definition) is 2. The van der Waals surface area contributed by atoms with Crippen LogP contribution in [0, 0.1) is 0 Å². The topological polar surface area (TPSA) is 88.9 Å². The Morgan fingerprint density at radius 3 is 2.65 bits per heavy atom. The fourth-order valence-electron chi connectivity index (χ4n) is 4.63. The molecule has 0 radical (unpaired) electrons. The van der Waals surface area contributed by atoms with Crippen LogP contribution in [0.3, 0.4) is 0 Å². The van der Waals surface area contributed by atoms with Crippen LogP contribution in [-0.2, 0) is 4.79 Å². The summed E-state index contributed by atoms with van der Waals surface area (Å²) in [4.78, 5) is 16.9. The van der Waals surface area contributed by atoms with Gasteiger partial charge < -0.3 is 19.7 Å². The lowest BCUT2D eigenvalue weighted by Crippen LogP contribution is -2.23. The van der Waals surface area contributed by atoms with E-state index in [2.05, 4.69) is 11.6 Å². The standard InChI is InChI=1S/C28H19NO5/c1-15-11-23(16-4-7-19(30)8-5-16)34-28-26(15)22(31)14-24-27(28)20(13-25(32)33-24)17-6-9-21-18(12-17)3-2-10-29-21/h2-12,14,20,30-31H,1,13H2/t20-/m0/s1. The van der Waals surface area contributed by atoms with E-state index in [-0.39, 0.29) is 35.6 Å². The summed E-state index contributed by atoms with van der Waals surface area (Å²) in [5, 5.41) is 21.4. The maximum Gasteiger partial charge on any atom is 0.312 e. The maximum absolute atomic E-state index is 12.5. The van der Waals surface area contributed by atoms with Crippen molar-refractivity contribution < 1.29 is 24.5 Å². The van der Waals surface area contributed by atoms with Crippen LogP contribution in [0.4, 0.5) is 0 Å². The third kappa shape index (κ3) is 3.19. The number of carbonyl (C=O) groups excluding carboxylic acids is 1. The molecule has 0 aliphatic carbocycles. The third-order valence-corrected chi connectivity index (χ3v) is 6.22. The number of nitrogens with zero attached hydrogens (tertiary/aromatic N) is 1. The molecule has 3 aromatic carbocycles. The molecule has 0 saturated heterocycles. The molecule has 0 spiro atoms. The number of aromatic hydroxyl groups is 2. The Hall–Kier alpha value is -4.58. The zero-order valence-corrected chi connectivity index (χ0v) is 18.0. The molecule has 0 bridgehead atoms. The van der Waals surface area contributed by atoms with E-state index in [9.17, 15) is 15.0 Å². The third-order valence-electron chi connectivity index (χ3n) is 6.22. The molecule has 6 nitrogen and oxygen atoms in total. The Morgan fingerprint density at radius 2 is 1.82 bits per heavy atom. The molecule has 34 heavy (non-hydrogen) atoms. The van der Waals surface area contributed by atoms with E-state index in [0.717, 1.165) is 22.0 Å². The number of phenols is 2. The van der Waals surface area contributed by atoms with Gasteiger partial charge in [0.05, 0.1) is 17.5 Å². The molecule has 0 unspecified atom stereocenters. The van der Waals surface area contributed by atoms with Crippen molar-refractivity contribution in [3.8, 4) is 23.0 Å². The lowest BCUT2D eigenvalue weighted by Gasteiger charge is -2.31. The molecule has 166 valence electrons. The summed E-state index contributed by atoms with van der Waals surface area (Å²) in [6, 6.07) is 17.8. The molecule has 2 N–H and O–H groups in total. The molecule has 0 amide bonds. The molecule has 0 saturated carbocycles. The molecule has 6 rings (SSSR count). The molecule has 3 heterocycles. The highest BCUT2D eigenvalue weighted by Crippen LogP contribution is 2.53. The number of phenolic OH excluding ortho intramolecular Hbond substituents is 2. The summed E-state index contributed by atoms with van der Waals surface area (Å²) in [6.45, 7) is 4.13. The number of allylic oxidation sites excluding steroid dienone is 2. The zero-order valence-electron chi connectivity index (χ0n) is 18.0. The average molecular weight is 449 g/mol. The van der Waals surface area contributed by atoms with Gasteiger partial charge in [0.15, 0.2) is 0 Å². The lowest BCUT2D eigenvalue weighted by molar-refractivity contribution is -0.135. The highest BCUT2D eigenvalue weighted by molar-refractivity contribution is 5.92. The van der Waals surface area contributed by atoms with Gasteiger partial charge in [-0.2, -0.15) is 0 Å². The summed E-state index contributed by atoms with van der Waals surface area (Å²) in [7, 11) is 0. The largest absolute Gasteiger partial charge is 0.508 e. The number of pyridine rings is 1. The van der Waals surface area contributed by atoms with E-state index in [1.165, 1.54) is 6.07 Å². The van der Waals surface area contributed by atoms with Crippen LogP contribution >= 0.6 is 0 Å². The van der Waals surface area contributed by atoms with Crippen LogP contribution in [0.25, 0.3) is 22.2 Å². The van der Waals surface area contributed by atoms with Crippen LogP contribution in [0.5, 0.6) is 23.0 Å². The molecule has 4 aromatic rings. The van der Waals surface area contributed by atoms with Gasteiger partial charge in [-0.3, -0.25) is 9.78 Å². The van der Waals surface area contributed by atoms with Gasteiger partial charge >= 0.3 is 5.97 Å². The lowest BCUT2D eigenvalue weighted by atomic mass is 9.82. The van der Waals surface area contributed by atoms with E-state index in [1.54, 1.807) is 36.5 Å². The highest BCUT2D eigenvalue weighted by Gasteiger charge is 2.36. The van der Waals surface area contributed by atoms with Crippen LogP contribution < -0.4 is 9.47 Å². The van der Waals surface area contributed by atoms with Crippen LogP contribution in [-0.4, -0.2) is 21.2 Å². The van der Waals surface area contributed by atoms with Crippen molar-refractivity contribution in [1.29, 1.82) is 0 Å². The molecule has 2 aliphatic heterocycles. The Kier molecular flexibility index (Phi) is 4.42. The number of rotatable bonds is 2. The van der Waals surface area contributed by atoms with Gasteiger partial charge in [-0.15, -0.1) is 0 Å². The van der Waals surface area contributed by atoms with Crippen molar-refractivity contribution in [2.75, 3.05) is 0 Å². The van der Waals surface area contributed by atoms with Crippen LogP contribution in [0.1, 0.15) is 34.6 Å². The van der Waals surface area contributed by atoms with Gasteiger partial charge in [0.1, 0.15) is 28.8 Å². The first-order valence-corrected chi connectivity index (χ1v) is 10.8. The summed E-state index contributed by atoms with van der Waals surface area (Å²) in [5.74, 6) is 0.541. The molecule has 1 atom stereocenters. The van der Waals surface area contributed by atoms with Gasteiger partial charge in [-0.25, -0.2) is 0 Å². The summed E-state index contributed by atoms with van der Waals surface area (Å²) < 4.78 is 11.9. The molecule has 1 aromatic heterocycles. The summed E-state index contributed by atoms with van der Waals surface area (Å²) in [6.07, 6.45) is 3.61. The predicted molar refractivity (Wildman–Crippen MR) is 128 cm³/mol. The predicted octanol–water partition coefficient (Wildman–Crippen LogP) is 5.53. The minimum Gasteiger partial charge on any atom is -0.508 e. The summed E-state index contributed by atoms with van der Waals surface area (Å²) in [5.41, 5.74) is 4.24. The van der Waals surface area contributed by atoms with Gasteiger partial charge in [0.25, 0.3) is 0 Å². The zero-order chi connectivity index (χ0) is 23.4. The monoisotopic (exact) mass is 449 g/mol. The second-order valence-corrected chi connectivity index (χ2v) is 8.38. The number of esters is 1. The van der Waals surface area contributed by atoms with Crippen molar-refractivity contribution in [3.05, 3.63) is 102 Å². The van der Waals surface area contributed by atoms with E-state index >= 15 is 0 Å². The number of hydrogen-bond acceptors (Lipinski definition) is 6. The SMILES string of the molecule is C=C1C=C(c2ccc(O)cc2)Oc2c1c(O)cc1c2[C@H](c2ccc3ncccc3c2)CC(=O)O1. The Bertz CT molecular complexity index is 1530. The smallest absolute Gasteiger partial charge is 0.312 e. The quantitative estimate of drug-likeness (QED) is 0.309. The molecular formula is C28H19NO5. The normalized spacial score (nSPS) is 16.8. The molecular weight excluding hydrogens is 430 g/mol. The minimum absolute atomic E-state index is 0.0732. The minimum atomic E-state index is -0.382. The number of ether oxygens (including phenoxy) is 2. The Morgan fingerprint density at radius 1 is 1.00 bits per heavy atom. The highest BCUT2D eigenvalue weighted by atomic mass is 16.5. The molecule has 0 fully saturated rings. The summed E-state index contributed by atoms with van der Waals surface area (Å²) >= 11 is 0. The second-order valence-electron chi connectivity index (χ2n) is 8.38. The molecule has 6 heteroatoms. The molecule has 2 aliphatic rings. The van der Waals surface area contributed by atoms with Crippen molar-refractivity contribution in [3.63, 3.8) is 0 Å². The van der Waals surface area contributed by atoms with Crippen molar-refractivity contribution in [2.45, 2.75) is 12.3 Å². The fraction of sp³-hybridized carbons (Fsp3) is 0.0714. The maximum atomic E-state index is 12.5. The first-order chi connectivity index (χ1) is 16.5. The van der Waals surface area contributed by atoms with Crippen molar-refractivity contribution >= 4 is 28.2 Å². The van der Waals surface area contributed by atoms with E-state index in [4.69, 9.17) is 9.47 Å². The number of benzene rings is 3. The van der Waals surface area contributed by atoms with Gasteiger partial charge in [-0.05, 0) is 59.7 Å². The van der Waals surface area contributed by atoms with Crippen LogP contribution in [0.2, 0.25) is 0 Å². The fourth-order valence-corrected chi connectivity index (χ4v) is 4.63. The van der Waals surface area contributed by atoms with E-state index < -0.39 is 0 Å². The van der Waals surface area contributed by atoms with Crippen molar-refractivity contribution in [2.24, 2.45) is 0 Å². The number of aromatic nitrogens is 1. The van der Waals surface area contributed by atoms with Crippen molar-refractivity contribution in [1.82, 2.24) is 4.98 Å².